The first-order chi connectivity index (χ1) is 13.6. The van der Waals surface area contributed by atoms with Gasteiger partial charge in [-0.15, -0.1) is 0 Å². The number of anilines is 3. The molecular formula is C22H24N4O2. The van der Waals surface area contributed by atoms with Crippen LogP contribution in [-0.2, 0) is 4.79 Å². The highest BCUT2D eigenvalue weighted by Crippen LogP contribution is 2.18. The molecule has 0 spiro atoms. The van der Waals surface area contributed by atoms with Crippen molar-refractivity contribution in [3.05, 3.63) is 72.2 Å². The predicted octanol–water partition coefficient (Wildman–Crippen LogP) is 4.63. The van der Waals surface area contributed by atoms with Gasteiger partial charge in [0.05, 0.1) is 6.61 Å². The van der Waals surface area contributed by atoms with E-state index in [4.69, 9.17) is 4.74 Å². The van der Waals surface area contributed by atoms with Crippen LogP contribution in [0.2, 0.25) is 0 Å². The van der Waals surface area contributed by atoms with Crippen molar-refractivity contribution in [2.24, 2.45) is 0 Å². The molecule has 1 heterocycles. The lowest BCUT2D eigenvalue weighted by Gasteiger charge is -2.09. The van der Waals surface area contributed by atoms with Gasteiger partial charge in [0, 0.05) is 29.6 Å². The van der Waals surface area contributed by atoms with Gasteiger partial charge in [-0.25, -0.2) is 9.97 Å². The van der Waals surface area contributed by atoms with Crippen LogP contribution in [0.5, 0.6) is 5.75 Å². The Hall–Kier alpha value is -3.41. The van der Waals surface area contributed by atoms with Crippen LogP contribution in [0.3, 0.4) is 0 Å². The molecule has 6 nitrogen and oxygen atoms in total. The van der Waals surface area contributed by atoms with E-state index in [2.05, 4.69) is 20.6 Å². The predicted molar refractivity (Wildman–Crippen MR) is 111 cm³/mol. The SMILES string of the molecule is Cc1ccc(OCCCC(=O)Nc2ccc(Nc3cc(C)ncn3)cc2)cc1. The number of aryl methyl sites for hydroxylation is 2. The van der Waals surface area contributed by atoms with Crippen LogP contribution in [0.1, 0.15) is 24.1 Å². The van der Waals surface area contributed by atoms with Crippen molar-refractivity contribution in [2.75, 3.05) is 17.2 Å². The summed E-state index contributed by atoms with van der Waals surface area (Å²) in [6.45, 7) is 4.46. The summed E-state index contributed by atoms with van der Waals surface area (Å²) in [5, 5.41) is 6.11. The maximum atomic E-state index is 12.1. The molecule has 28 heavy (non-hydrogen) atoms. The van der Waals surface area contributed by atoms with Crippen molar-refractivity contribution in [3.63, 3.8) is 0 Å². The number of nitrogens with one attached hydrogen (secondary N) is 2. The van der Waals surface area contributed by atoms with E-state index in [-0.39, 0.29) is 5.91 Å². The minimum absolute atomic E-state index is 0.0281. The number of benzene rings is 2. The van der Waals surface area contributed by atoms with E-state index in [0.29, 0.717) is 19.4 Å². The number of amides is 1. The highest BCUT2D eigenvalue weighted by Gasteiger charge is 2.04. The standard InChI is InChI=1S/C22H24N4O2/c1-16-5-11-20(12-6-16)28-13-3-4-22(27)26-19-9-7-18(8-10-19)25-21-14-17(2)23-15-24-21/h5-12,14-15H,3-4,13H2,1-2H3,(H,26,27)(H,23,24,25). The van der Waals surface area contributed by atoms with Crippen molar-refractivity contribution >= 4 is 23.1 Å². The molecular weight excluding hydrogens is 352 g/mol. The number of aromatic nitrogens is 2. The Balaban J connectivity index is 1.40. The number of nitrogens with zero attached hydrogens (tertiary/aromatic N) is 2. The highest BCUT2D eigenvalue weighted by molar-refractivity contribution is 5.90. The molecule has 1 aromatic heterocycles. The van der Waals surface area contributed by atoms with Crippen LogP contribution in [-0.4, -0.2) is 22.5 Å². The van der Waals surface area contributed by atoms with Gasteiger partial charge in [0.25, 0.3) is 0 Å². The normalized spacial score (nSPS) is 10.4. The summed E-state index contributed by atoms with van der Waals surface area (Å²) in [5.74, 6) is 1.53. The van der Waals surface area contributed by atoms with E-state index in [9.17, 15) is 4.79 Å². The first kappa shape index (κ1) is 19.4. The average molecular weight is 376 g/mol. The molecule has 0 aliphatic heterocycles. The summed E-state index contributed by atoms with van der Waals surface area (Å²) in [6, 6.07) is 17.3. The molecule has 144 valence electrons. The molecule has 2 aromatic carbocycles. The number of ether oxygens (including phenoxy) is 1. The zero-order chi connectivity index (χ0) is 19.8. The molecule has 0 saturated carbocycles. The Morgan fingerprint density at radius 3 is 2.39 bits per heavy atom. The number of carbonyl (C=O) groups is 1. The van der Waals surface area contributed by atoms with Crippen molar-refractivity contribution in [2.45, 2.75) is 26.7 Å². The fraction of sp³-hybridized carbons (Fsp3) is 0.227. The van der Waals surface area contributed by atoms with Gasteiger partial charge in [-0.3, -0.25) is 4.79 Å². The Bertz CT molecular complexity index is 909. The second-order valence-corrected chi connectivity index (χ2v) is 6.56. The Kier molecular flexibility index (Phi) is 6.57. The number of rotatable bonds is 8. The van der Waals surface area contributed by atoms with Crippen LogP contribution < -0.4 is 15.4 Å². The Labute approximate surface area is 165 Å². The summed E-state index contributed by atoms with van der Waals surface area (Å²) < 4.78 is 5.64. The number of carbonyl (C=O) groups excluding carboxylic acids is 1. The van der Waals surface area contributed by atoms with Gasteiger partial charge in [0.2, 0.25) is 5.91 Å². The first-order valence-corrected chi connectivity index (χ1v) is 9.23. The lowest BCUT2D eigenvalue weighted by Crippen LogP contribution is -2.12. The van der Waals surface area contributed by atoms with Crippen molar-refractivity contribution in [3.8, 4) is 5.75 Å². The topological polar surface area (TPSA) is 76.1 Å². The van der Waals surface area contributed by atoms with Gasteiger partial charge >= 0.3 is 0 Å². The van der Waals surface area contributed by atoms with E-state index >= 15 is 0 Å². The average Bonchev–Trinajstić information content (AvgIpc) is 2.68. The summed E-state index contributed by atoms with van der Waals surface area (Å²) in [4.78, 5) is 20.3. The van der Waals surface area contributed by atoms with Crippen LogP contribution >= 0.6 is 0 Å². The minimum atomic E-state index is -0.0281. The number of hydrogen-bond acceptors (Lipinski definition) is 5. The van der Waals surface area contributed by atoms with Crippen molar-refractivity contribution < 1.29 is 9.53 Å². The Morgan fingerprint density at radius 2 is 1.68 bits per heavy atom. The summed E-state index contributed by atoms with van der Waals surface area (Å²) >= 11 is 0. The van der Waals surface area contributed by atoms with Gasteiger partial charge in [-0.05, 0) is 56.7 Å². The molecule has 1 amide bonds. The van der Waals surface area contributed by atoms with E-state index < -0.39 is 0 Å². The molecule has 0 atom stereocenters. The molecule has 0 aliphatic rings. The van der Waals surface area contributed by atoms with Crippen molar-refractivity contribution in [1.29, 1.82) is 0 Å². The molecule has 6 heteroatoms. The van der Waals surface area contributed by atoms with Gasteiger partial charge in [-0.1, -0.05) is 17.7 Å². The second kappa shape index (κ2) is 9.50. The van der Waals surface area contributed by atoms with E-state index in [1.165, 1.54) is 11.9 Å². The quantitative estimate of drug-likeness (QED) is 0.560. The van der Waals surface area contributed by atoms with E-state index in [1.54, 1.807) is 0 Å². The van der Waals surface area contributed by atoms with Crippen LogP contribution in [0.15, 0.2) is 60.9 Å². The molecule has 0 radical (unpaired) electrons. The molecule has 2 N–H and O–H groups in total. The molecule has 0 fully saturated rings. The van der Waals surface area contributed by atoms with Gasteiger partial charge in [0.1, 0.15) is 17.9 Å². The van der Waals surface area contributed by atoms with Crippen LogP contribution in [0, 0.1) is 13.8 Å². The lowest BCUT2D eigenvalue weighted by molar-refractivity contribution is -0.116. The molecule has 0 unspecified atom stereocenters. The van der Waals surface area contributed by atoms with E-state index in [1.807, 2.05) is 68.4 Å². The molecule has 3 rings (SSSR count). The third-order valence-electron chi connectivity index (χ3n) is 4.08. The maximum Gasteiger partial charge on any atom is 0.224 e. The third-order valence-corrected chi connectivity index (χ3v) is 4.08. The molecule has 0 aliphatic carbocycles. The first-order valence-electron chi connectivity index (χ1n) is 9.23. The summed E-state index contributed by atoms with van der Waals surface area (Å²) in [7, 11) is 0. The van der Waals surface area contributed by atoms with Crippen LogP contribution in [0.25, 0.3) is 0 Å². The summed E-state index contributed by atoms with van der Waals surface area (Å²) in [5.41, 5.74) is 3.74. The van der Waals surface area contributed by atoms with Crippen LogP contribution in [0.4, 0.5) is 17.2 Å². The second-order valence-electron chi connectivity index (χ2n) is 6.56. The van der Waals surface area contributed by atoms with Gasteiger partial charge in [-0.2, -0.15) is 0 Å². The fourth-order valence-electron chi connectivity index (χ4n) is 2.59. The van der Waals surface area contributed by atoms with Crippen molar-refractivity contribution in [1.82, 2.24) is 9.97 Å². The van der Waals surface area contributed by atoms with Gasteiger partial charge < -0.3 is 15.4 Å². The minimum Gasteiger partial charge on any atom is -0.494 e. The monoisotopic (exact) mass is 376 g/mol. The molecule has 0 saturated heterocycles. The zero-order valence-electron chi connectivity index (χ0n) is 16.1. The van der Waals surface area contributed by atoms with Gasteiger partial charge in [0.15, 0.2) is 0 Å². The maximum absolute atomic E-state index is 12.1. The smallest absolute Gasteiger partial charge is 0.224 e. The largest absolute Gasteiger partial charge is 0.494 e. The Morgan fingerprint density at radius 1 is 0.964 bits per heavy atom. The fourth-order valence-corrected chi connectivity index (χ4v) is 2.59. The lowest BCUT2D eigenvalue weighted by atomic mass is 10.2. The summed E-state index contributed by atoms with van der Waals surface area (Å²) in [6.07, 6.45) is 2.59. The zero-order valence-corrected chi connectivity index (χ0v) is 16.1. The highest BCUT2D eigenvalue weighted by atomic mass is 16.5. The molecule has 3 aromatic rings. The third kappa shape index (κ3) is 6.09. The number of hydrogen-bond donors (Lipinski definition) is 2. The van der Waals surface area contributed by atoms with E-state index in [0.717, 1.165) is 28.6 Å². The molecule has 0 bridgehead atoms.